The first-order valence-electron chi connectivity index (χ1n) is 6.55. The van der Waals surface area contributed by atoms with Crippen LogP contribution in [0.2, 0.25) is 0 Å². The lowest BCUT2D eigenvalue weighted by Gasteiger charge is -2.13. The van der Waals surface area contributed by atoms with Crippen LogP contribution in [0.1, 0.15) is 16.7 Å². The molecule has 0 saturated carbocycles. The molecule has 106 valence electrons. The van der Waals surface area contributed by atoms with Crippen LogP contribution in [0.4, 0.5) is 0 Å². The Morgan fingerprint density at radius 1 is 0.850 bits per heavy atom. The summed E-state index contributed by atoms with van der Waals surface area (Å²) in [7, 11) is 3.26. The van der Waals surface area contributed by atoms with Gasteiger partial charge in [-0.05, 0) is 42.7 Å². The molecular formula is C17H20O3. The molecule has 0 aliphatic heterocycles. The first-order valence-corrected chi connectivity index (χ1v) is 6.55. The Morgan fingerprint density at radius 3 is 2.10 bits per heavy atom. The largest absolute Gasteiger partial charge is 0.493 e. The Bertz CT molecular complexity index is 571. The summed E-state index contributed by atoms with van der Waals surface area (Å²) in [5.74, 6) is 2.39. The molecule has 0 aliphatic carbocycles. The summed E-state index contributed by atoms with van der Waals surface area (Å²) in [5.41, 5.74) is 3.33. The number of benzene rings is 2. The molecule has 0 heterocycles. The van der Waals surface area contributed by atoms with Gasteiger partial charge in [0.1, 0.15) is 12.4 Å². The van der Waals surface area contributed by atoms with Crippen LogP contribution in [0.15, 0.2) is 36.4 Å². The number of rotatable bonds is 5. The minimum absolute atomic E-state index is 0.506. The second-order valence-electron chi connectivity index (χ2n) is 4.70. The van der Waals surface area contributed by atoms with Gasteiger partial charge in [0.25, 0.3) is 0 Å². The number of methoxy groups -OCH3 is 2. The fourth-order valence-electron chi connectivity index (χ4n) is 2.15. The summed E-state index contributed by atoms with van der Waals surface area (Å²) in [6.07, 6.45) is 0. The highest BCUT2D eigenvalue weighted by Crippen LogP contribution is 2.29. The predicted molar refractivity (Wildman–Crippen MR) is 79.8 cm³/mol. The highest BCUT2D eigenvalue weighted by molar-refractivity contribution is 5.43. The quantitative estimate of drug-likeness (QED) is 0.826. The number of ether oxygens (including phenoxy) is 3. The van der Waals surface area contributed by atoms with E-state index in [9.17, 15) is 0 Å². The predicted octanol–water partition coefficient (Wildman–Crippen LogP) is 3.90. The molecule has 0 radical (unpaired) electrons. The van der Waals surface area contributed by atoms with E-state index in [2.05, 4.69) is 26.0 Å². The van der Waals surface area contributed by atoms with E-state index in [4.69, 9.17) is 14.2 Å². The maximum Gasteiger partial charge on any atom is 0.161 e. The maximum absolute atomic E-state index is 5.93. The minimum atomic E-state index is 0.506. The van der Waals surface area contributed by atoms with E-state index in [0.29, 0.717) is 6.61 Å². The molecule has 0 atom stereocenters. The van der Waals surface area contributed by atoms with E-state index in [-0.39, 0.29) is 0 Å². The van der Waals surface area contributed by atoms with Gasteiger partial charge in [-0.25, -0.2) is 0 Å². The van der Waals surface area contributed by atoms with Gasteiger partial charge >= 0.3 is 0 Å². The molecule has 3 heteroatoms. The van der Waals surface area contributed by atoms with Crippen LogP contribution in [0.3, 0.4) is 0 Å². The smallest absolute Gasteiger partial charge is 0.161 e. The van der Waals surface area contributed by atoms with E-state index >= 15 is 0 Å². The van der Waals surface area contributed by atoms with Gasteiger partial charge in [0, 0.05) is 0 Å². The molecule has 0 unspecified atom stereocenters. The fourth-order valence-corrected chi connectivity index (χ4v) is 2.15. The van der Waals surface area contributed by atoms with E-state index in [1.165, 1.54) is 0 Å². The second kappa shape index (κ2) is 6.33. The lowest BCUT2D eigenvalue weighted by molar-refractivity contribution is 0.300. The van der Waals surface area contributed by atoms with Crippen molar-refractivity contribution >= 4 is 0 Å². The zero-order valence-electron chi connectivity index (χ0n) is 12.4. The van der Waals surface area contributed by atoms with Gasteiger partial charge in [0.2, 0.25) is 0 Å². The van der Waals surface area contributed by atoms with Crippen molar-refractivity contribution in [2.45, 2.75) is 20.5 Å². The molecule has 2 aromatic rings. The van der Waals surface area contributed by atoms with Crippen molar-refractivity contribution in [1.29, 1.82) is 0 Å². The zero-order valence-corrected chi connectivity index (χ0v) is 12.4. The lowest BCUT2D eigenvalue weighted by Crippen LogP contribution is -2.00. The van der Waals surface area contributed by atoms with Crippen LogP contribution >= 0.6 is 0 Å². The van der Waals surface area contributed by atoms with Gasteiger partial charge in [-0.3, -0.25) is 0 Å². The Labute approximate surface area is 120 Å². The number of hydrogen-bond acceptors (Lipinski definition) is 3. The normalized spacial score (nSPS) is 10.2. The van der Waals surface area contributed by atoms with Gasteiger partial charge in [-0.2, -0.15) is 0 Å². The summed E-state index contributed by atoms with van der Waals surface area (Å²) < 4.78 is 16.5. The summed E-state index contributed by atoms with van der Waals surface area (Å²) in [4.78, 5) is 0. The van der Waals surface area contributed by atoms with Crippen LogP contribution < -0.4 is 14.2 Å². The number of aryl methyl sites for hydroxylation is 2. The monoisotopic (exact) mass is 272 g/mol. The third-order valence-corrected chi connectivity index (χ3v) is 3.24. The van der Waals surface area contributed by atoms with Crippen molar-refractivity contribution < 1.29 is 14.2 Å². The van der Waals surface area contributed by atoms with Crippen molar-refractivity contribution in [3.8, 4) is 17.2 Å². The highest BCUT2D eigenvalue weighted by Gasteiger charge is 2.07. The van der Waals surface area contributed by atoms with Gasteiger partial charge in [0.05, 0.1) is 14.2 Å². The van der Waals surface area contributed by atoms with Gasteiger partial charge in [0.15, 0.2) is 11.5 Å². The van der Waals surface area contributed by atoms with Crippen LogP contribution in [0, 0.1) is 13.8 Å². The average molecular weight is 272 g/mol. The Balaban J connectivity index is 2.15. The molecule has 0 aromatic heterocycles. The average Bonchev–Trinajstić information content (AvgIpc) is 2.46. The third kappa shape index (κ3) is 3.05. The van der Waals surface area contributed by atoms with E-state index < -0.39 is 0 Å². The van der Waals surface area contributed by atoms with Crippen LogP contribution in [-0.4, -0.2) is 14.2 Å². The van der Waals surface area contributed by atoms with Crippen LogP contribution in [0.5, 0.6) is 17.2 Å². The maximum atomic E-state index is 5.93. The Hall–Kier alpha value is -2.16. The molecule has 0 bridgehead atoms. The van der Waals surface area contributed by atoms with E-state index in [1.54, 1.807) is 14.2 Å². The molecule has 0 fully saturated rings. The van der Waals surface area contributed by atoms with E-state index in [0.717, 1.165) is 33.9 Å². The second-order valence-corrected chi connectivity index (χ2v) is 4.70. The van der Waals surface area contributed by atoms with Crippen molar-refractivity contribution in [1.82, 2.24) is 0 Å². The fraction of sp³-hybridized carbons (Fsp3) is 0.294. The molecular weight excluding hydrogens is 252 g/mol. The Morgan fingerprint density at radius 2 is 1.50 bits per heavy atom. The third-order valence-electron chi connectivity index (χ3n) is 3.24. The Kier molecular flexibility index (Phi) is 4.51. The molecule has 0 N–H and O–H groups in total. The first-order chi connectivity index (χ1) is 9.65. The number of para-hydroxylation sites is 1. The van der Waals surface area contributed by atoms with Gasteiger partial charge in [-0.1, -0.05) is 24.3 Å². The highest BCUT2D eigenvalue weighted by atomic mass is 16.5. The summed E-state index contributed by atoms with van der Waals surface area (Å²) in [6, 6.07) is 11.9. The SMILES string of the molecule is COc1ccc(COc2c(C)cccc2C)cc1OC. The van der Waals surface area contributed by atoms with E-state index in [1.807, 2.05) is 24.3 Å². The lowest BCUT2D eigenvalue weighted by atomic mass is 10.1. The molecule has 0 aliphatic rings. The van der Waals surface area contributed by atoms with Crippen LogP contribution in [-0.2, 0) is 6.61 Å². The van der Waals surface area contributed by atoms with Crippen molar-refractivity contribution in [2.24, 2.45) is 0 Å². The summed E-state index contributed by atoms with van der Waals surface area (Å²) >= 11 is 0. The van der Waals surface area contributed by atoms with Gasteiger partial charge in [-0.15, -0.1) is 0 Å². The van der Waals surface area contributed by atoms with Crippen molar-refractivity contribution in [3.05, 3.63) is 53.1 Å². The van der Waals surface area contributed by atoms with Crippen molar-refractivity contribution in [2.75, 3.05) is 14.2 Å². The molecule has 0 spiro atoms. The molecule has 3 nitrogen and oxygen atoms in total. The number of hydrogen-bond donors (Lipinski definition) is 0. The van der Waals surface area contributed by atoms with Crippen molar-refractivity contribution in [3.63, 3.8) is 0 Å². The van der Waals surface area contributed by atoms with Crippen LogP contribution in [0.25, 0.3) is 0 Å². The summed E-state index contributed by atoms with van der Waals surface area (Å²) in [6.45, 7) is 4.61. The molecule has 20 heavy (non-hydrogen) atoms. The standard InChI is InChI=1S/C17H20O3/c1-12-6-5-7-13(2)17(12)20-11-14-8-9-15(18-3)16(10-14)19-4/h5-10H,11H2,1-4H3. The summed E-state index contributed by atoms with van der Waals surface area (Å²) in [5, 5.41) is 0. The first kappa shape index (κ1) is 14.3. The molecule has 2 aromatic carbocycles. The molecule has 0 saturated heterocycles. The zero-order chi connectivity index (χ0) is 14.5. The molecule has 2 rings (SSSR count). The van der Waals surface area contributed by atoms with Gasteiger partial charge < -0.3 is 14.2 Å². The topological polar surface area (TPSA) is 27.7 Å². The molecule has 0 amide bonds. The minimum Gasteiger partial charge on any atom is -0.493 e.